The number of benzene rings is 1. The normalized spacial score (nSPS) is 15.8. The topological polar surface area (TPSA) is 58.1 Å². The number of methoxy groups -OCH3 is 2. The molecule has 2 rings (SSSR count). The third kappa shape index (κ3) is 5.81. The Balaban J connectivity index is 1.94. The molecule has 0 aromatic heterocycles. The summed E-state index contributed by atoms with van der Waals surface area (Å²) in [5.41, 5.74) is 1.08. The Morgan fingerprint density at radius 3 is 2.56 bits per heavy atom. The maximum absolute atomic E-state index is 5.35. The lowest BCUT2D eigenvalue weighted by molar-refractivity contribution is 0.247. The molecule has 6 heteroatoms. The van der Waals surface area contributed by atoms with E-state index in [9.17, 15) is 0 Å². The van der Waals surface area contributed by atoms with Crippen LogP contribution in [0.15, 0.2) is 23.2 Å². The second-order valence-corrected chi connectivity index (χ2v) is 6.51. The van der Waals surface area contributed by atoms with E-state index < -0.39 is 0 Å². The van der Waals surface area contributed by atoms with E-state index in [0.717, 1.165) is 42.2 Å². The van der Waals surface area contributed by atoms with Crippen LogP contribution < -0.4 is 20.1 Å². The molecular formula is C19H32N4O2. The summed E-state index contributed by atoms with van der Waals surface area (Å²) in [5.74, 6) is 2.30. The molecule has 25 heavy (non-hydrogen) atoms. The van der Waals surface area contributed by atoms with E-state index >= 15 is 0 Å². The van der Waals surface area contributed by atoms with Crippen LogP contribution in [-0.2, 0) is 6.54 Å². The number of aliphatic imine (C=N–C) groups is 1. The van der Waals surface area contributed by atoms with Crippen LogP contribution in [0, 0.1) is 0 Å². The molecule has 1 fully saturated rings. The number of ether oxygens (including phenoxy) is 2. The molecule has 1 aromatic carbocycles. The van der Waals surface area contributed by atoms with E-state index in [2.05, 4.69) is 41.4 Å². The van der Waals surface area contributed by atoms with Crippen molar-refractivity contribution in [1.82, 2.24) is 15.5 Å². The van der Waals surface area contributed by atoms with Gasteiger partial charge in [-0.2, -0.15) is 0 Å². The third-order valence-corrected chi connectivity index (χ3v) is 4.59. The van der Waals surface area contributed by atoms with Crippen LogP contribution in [0.5, 0.6) is 11.5 Å². The van der Waals surface area contributed by atoms with E-state index in [1.165, 1.54) is 12.8 Å². The Bertz CT molecular complexity index is 573. The van der Waals surface area contributed by atoms with Crippen LogP contribution in [0.1, 0.15) is 32.3 Å². The summed E-state index contributed by atoms with van der Waals surface area (Å²) in [5, 5.41) is 6.75. The average Bonchev–Trinajstić information content (AvgIpc) is 3.47. The molecule has 1 aliphatic carbocycles. The molecule has 0 spiro atoms. The molecule has 6 nitrogen and oxygen atoms in total. The fourth-order valence-electron chi connectivity index (χ4n) is 2.72. The minimum Gasteiger partial charge on any atom is -0.493 e. The minimum absolute atomic E-state index is 0.484. The van der Waals surface area contributed by atoms with Gasteiger partial charge in [0.25, 0.3) is 0 Å². The Hall–Kier alpha value is -1.95. The summed E-state index contributed by atoms with van der Waals surface area (Å²) in [6, 6.07) is 7.14. The van der Waals surface area contributed by atoms with Crippen LogP contribution in [0.4, 0.5) is 0 Å². The van der Waals surface area contributed by atoms with Crippen LogP contribution >= 0.6 is 0 Å². The number of guanidine groups is 1. The molecule has 0 saturated heterocycles. The summed E-state index contributed by atoms with van der Waals surface area (Å²) in [4.78, 5) is 7.14. The first-order valence-electron chi connectivity index (χ1n) is 9.04. The molecule has 1 unspecified atom stereocenters. The minimum atomic E-state index is 0.484. The molecular weight excluding hydrogens is 316 g/mol. The molecule has 1 saturated carbocycles. The molecule has 1 aliphatic rings. The Kier molecular flexibility index (Phi) is 7.37. The van der Waals surface area contributed by atoms with Gasteiger partial charge in [-0.3, -0.25) is 4.90 Å². The van der Waals surface area contributed by atoms with Crippen molar-refractivity contribution in [2.24, 2.45) is 4.99 Å². The first kappa shape index (κ1) is 19.4. The number of nitrogens with one attached hydrogen (secondary N) is 2. The van der Waals surface area contributed by atoms with E-state index in [-0.39, 0.29) is 0 Å². The van der Waals surface area contributed by atoms with Gasteiger partial charge in [0, 0.05) is 25.2 Å². The van der Waals surface area contributed by atoms with Gasteiger partial charge in [-0.25, -0.2) is 4.99 Å². The highest BCUT2D eigenvalue weighted by molar-refractivity contribution is 5.79. The molecule has 1 atom stereocenters. The van der Waals surface area contributed by atoms with Crippen LogP contribution in [0.2, 0.25) is 0 Å². The van der Waals surface area contributed by atoms with Crippen molar-refractivity contribution >= 4 is 5.96 Å². The molecule has 0 amide bonds. The second kappa shape index (κ2) is 9.51. The summed E-state index contributed by atoms with van der Waals surface area (Å²) >= 11 is 0. The second-order valence-electron chi connectivity index (χ2n) is 6.51. The summed E-state index contributed by atoms with van der Waals surface area (Å²) in [6.45, 7) is 6.63. The Morgan fingerprint density at radius 1 is 1.24 bits per heavy atom. The molecule has 0 aliphatic heterocycles. The van der Waals surface area contributed by atoms with Gasteiger partial charge in [-0.1, -0.05) is 6.07 Å². The van der Waals surface area contributed by atoms with Crippen molar-refractivity contribution in [3.8, 4) is 11.5 Å². The van der Waals surface area contributed by atoms with Gasteiger partial charge < -0.3 is 20.1 Å². The van der Waals surface area contributed by atoms with Gasteiger partial charge in [0.05, 0.1) is 20.8 Å². The van der Waals surface area contributed by atoms with Crippen molar-refractivity contribution in [2.75, 3.05) is 34.4 Å². The monoisotopic (exact) mass is 348 g/mol. The van der Waals surface area contributed by atoms with Gasteiger partial charge in [0.1, 0.15) is 0 Å². The fraction of sp³-hybridized carbons (Fsp3) is 0.632. The molecule has 2 N–H and O–H groups in total. The largest absolute Gasteiger partial charge is 0.493 e. The number of rotatable bonds is 9. The highest BCUT2D eigenvalue weighted by Gasteiger charge is 2.28. The summed E-state index contributed by atoms with van der Waals surface area (Å²) < 4.78 is 10.6. The standard InChI is InChI=1S/C19H32N4O2/c1-6-20-19(21-12-14(2)23(3)16-8-9-16)22-13-15-7-10-17(24-4)18(11-15)25-5/h7,10-11,14,16H,6,8-9,12-13H2,1-5H3,(H2,20,21,22). The van der Waals surface area contributed by atoms with Crippen LogP contribution in [0.3, 0.4) is 0 Å². The van der Waals surface area contributed by atoms with Gasteiger partial charge in [0.15, 0.2) is 17.5 Å². The number of nitrogens with zero attached hydrogens (tertiary/aromatic N) is 2. The van der Waals surface area contributed by atoms with Crippen molar-refractivity contribution in [3.63, 3.8) is 0 Å². The van der Waals surface area contributed by atoms with E-state index in [4.69, 9.17) is 9.47 Å². The molecule has 1 aromatic rings. The number of hydrogen-bond donors (Lipinski definition) is 2. The van der Waals surface area contributed by atoms with E-state index in [0.29, 0.717) is 12.6 Å². The fourth-order valence-corrected chi connectivity index (χ4v) is 2.72. The van der Waals surface area contributed by atoms with Crippen LogP contribution in [-0.4, -0.2) is 57.3 Å². The van der Waals surface area contributed by atoms with Crippen molar-refractivity contribution in [3.05, 3.63) is 23.8 Å². The highest BCUT2D eigenvalue weighted by Crippen LogP contribution is 2.28. The lowest BCUT2D eigenvalue weighted by Gasteiger charge is -2.25. The molecule has 0 bridgehead atoms. The maximum Gasteiger partial charge on any atom is 0.191 e. The summed E-state index contributed by atoms with van der Waals surface area (Å²) in [6.07, 6.45) is 2.66. The zero-order valence-electron chi connectivity index (χ0n) is 16.1. The third-order valence-electron chi connectivity index (χ3n) is 4.59. The number of hydrogen-bond acceptors (Lipinski definition) is 4. The Labute approximate surface area is 151 Å². The zero-order chi connectivity index (χ0) is 18.2. The Morgan fingerprint density at radius 2 is 1.96 bits per heavy atom. The zero-order valence-corrected chi connectivity index (χ0v) is 16.1. The van der Waals surface area contributed by atoms with E-state index in [1.807, 2.05) is 18.2 Å². The average molecular weight is 348 g/mol. The van der Waals surface area contributed by atoms with Gasteiger partial charge >= 0.3 is 0 Å². The highest BCUT2D eigenvalue weighted by atomic mass is 16.5. The predicted molar refractivity (Wildman–Crippen MR) is 103 cm³/mol. The molecule has 0 radical (unpaired) electrons. The van der Waals surface area contributed by atoms with E-state index in [1.54, 1.807) is 14.2 Å². The first-order chi connectivity index (χ1) is 12.1. The quantitative estimate of drug-likeness (QED) is 0.529. The predicted octanol–water partition coefficient (Wildman–Crippen LogP) is 2.24. The lowest BCUT2D eigenvalue weighted by Crippen LogP contribution is -2.45. The van der Waals surface area contributed by atoms with Gasteiger partial charge in [-0.15, -0.1) is 0 Å². The van der Waals surface area contributed by atoms with Crippen molar-refractivity contribution in [2.45, 2.75) is 45.3 Å². The first-order valence-corrected chi connectivity index (χ1v) is 9.04. The van der Waals surface area contributed by atoms with Crippen molar-refractivity contribution < 1.29 is 9.47 Å². The summed E-state index contributed by atoms with van der Waals surface area (Å²) in [7, 11) is 5.49. The van der Waals surface area contributed by atoms with Crippen molar-refractivity contribution in [1.29, 1.82) is 0 Å². The van der Waals surface area contributed by atoms with Gasteiger partial charge in [-0.05, 0) is 51.4 Å². The van der Waals surface area contributed by atoms with Gasteiger partial charge in [0.2, 0.25) is 0 Å². The SMILES string of the molecule is CCNC(=NCc1ccc(OC)c(OC)c1)NCC(C)N(C)C1CC1. The van der Waals surface area contributed by atoms with Crippen LogP contribution in [0.25, 0.3) is 0 Å². The smallest absolute Gasteiger partial charge is 0.191 e. The lowest BCUT2D eigenvalue weighted by atomic mass is 10.2. The molecule has 0 heterocycles. The maximum atomic E-state index is 5.35. The molecule has 140 valence electrons. The number of likely N-dealkylation sites (N-methyl/N-ethyl adjacent to an activating group) is 1.